The first-order chi connectivity index (χ1) is 8.91. The molecule has 1 saturated heterocycles. The number of hydrogen-bond acceptors (Lipinski definition) is 2. The van der Waals surface area contributed by atoms with Gasteiger partial charge in [0, 0.05) is 25.3 Å². The van der Waals surface area contributed by atoms with Crippen LogP contribution in [0.5, 0.6) is 0 Å². The van der Waals surface area contributed by atoms with Crippen LogP contribution in [0.25, 0.3) is 0 Å². The first kappa shape index (κ1) is 14.2. The summed E-state index contributed by atoms with van der Waals surface area (Å²) in [5, 5.41) is 0. The largest absolute Gasteiger partial charge is 0.416 e. The van der Waals surface area contributed by atoms with E-state index >= 15 is 0 Å². The van der Waals surface area contributed by atoms with Crippen molar-refractivity contribution < 1.29 is 13.2 Å². The third-order valence-corrected chi connectivity index (χ3v) is 3.62. The van der Waals surface area contributed by atoms with E-state index in [0.29, 0.717) is 11.5 Å². The number of piperidine rings is 1. The summed E-state index contributed by atoms with van der Waals surface area (Å²) in [6.07, 6.45) is -2.06. The Bertz CT molecular complexity index is 443. The van der Waals surface area contributed by atoms with Gasteiger partial charge >= 0.3 is 6.18 Å². The van der Waals surface area contributed by atoms with Gasteiger partial charge in [0.1, 0.15) is 0 Å². The van der Waals surface area contributed by atoms with Gasteiger partial charge in [0.05, 0.1) is 5.56 Å². The zero-order valence-corrected chi connectivity index (χ0v) is 11.0. The van der Waals surface area contributed by atoms with Crippen LogP contribution in [-0.2, 0) is 12.7 Å². The Balaban J connectivity index is 2.30. The number of nitrogens with two attached hydrogens (primary N) is 1. The number of anilines is 1. The minimum atomic E-state index is -4.31. The summed E-state index contributed by atoms with van der Waals surface area (Å²) in [6, 6.07) is 3.88. The summed E-state index contributed by atoms with van der Waals surface area (Å²) in [4.78, 5) is 2.15. The van der Waals surface area contributed by atoms with E-state index in [-0.39, 0.29) is 6.54 Å². The second-order valence-electron chi connectivity index (χ2n) is 5.24. The van der Waals surface area contributed by atoms with Crippen molar-refractivity contribution in [1.82, 2.24) is 0 Å². The Kier molecular flexibility index (Phi) is 4.04. The molecule has 0 aliphatic carbocycles. The maximum atomic E-state index is 12.7. The molecule has 2 nitrogen and oxygen atoms in total. The quantitative estimate of drug-likeness (QED) is 0.894. The lowest BCUT2D eigenvalue weighted by Crippen LogP contribution is -2.35. The summed E-state index contributed by atoms with van der Waals surface area (Å²) in [7, 11) is 0. The molecule has 2 N–H and O–H groups in total. The van der Waals surface area contributed by atoms with E-state index in [1.807, 2.05) is 0 Å². The number of alkyl halides is 3. The summed E-state index contributed by atoms with van der Waals surface area (Å²) >= 11 is 0. The lowest BCUT2D eigenvalue weighted by Gasteiger charge is -2.34. The Morgan fingerprint density at radius 1 is 1.37 bits per heavy atom. The number of benzene rings is 1. The smallest absolute Gasteiger partial charge is 0.371 e. The fourth-order valence-corrected chi connectivity index (χ4v) is 2.64. The third-order valence-electron chi connectivity index (χ3n) is 3.62. The Labute approximate surface area is 111 Å². The monoisotopic (exact) mass is 272 g/mol. The highest BCUT2D eigenvalue weighted by Gasteiger charge is 2.31. The fourth-order valence-electron chi connectivity index (χ4n) is 2.64. The van der Waals surface area contributed by atoms with E-state index in [9.17, 15) is 13.2 Å². The Morgan fingerprint density at radius 3 is 2.68 bits per heavy atom. The van der Waals surface area contributed by atoms with Gasteiger partial charge in [0.15, 0.2) is 0 Å². The van der Waals surface area contributed by atoms with Crippen LogP contribution < -0.4 is 10.6 Å². The lowest BCUT2D eigenvalue weighted by molar-refractivity contribution is -0.137. The number of halogens is 3. The highest BCUT2D eigenvalue weighted by molar-refractivity contribution is 5.55. The van der Waals surface area contributed by atoms with Gasteiger partial charge in [0.2, 0.25) is 0 Å². The van der Waals surface area contributed by atoms with Crippen LogP contribution in [0.1, 0.15) is 30.9 Å². The molecule has 1 aliphatic rings. The summed E-state index contributed by atoms with van der Waals surface area (Å²) < 4.78 is 38.1. The lowest BCUT2D eigenvalue weighted by atomic mass is 9.98. The molecule has 1 aromatic rings. The van der Waals surface area contributed by atoms with Crippen LogP contribution in [0.3, 0.4) is 0 Å². The molecule has 1 aromatic carbocycles. The van der Waals surface area contributed by atoms with Crippen molar-refractivity contribution in [3.63, 3.8) is 0 Å². The van der Waals surface area contributed by atoms with Crippen molar-refractivity contribution in [3.05, 3.63) is 29.3 Å². The van der Waals surface area contributed by atoms with E-state index in [4.69, 9.17) is 5.73 Å². The van der Waals surface area contributed by atoms with Gasteiger partial charge in [-0.2, -0.15) is 13.2 Å². The Hall–Kier alpha value is -1.23. The van der Waals surface area contributed by atoms with Crippen molar-refractivity contribution >= 4 is 5.69 Å². The SMILES string of the molecule is CC1CCCN(c2ccc(C(F)(F)F)cc2CN)C1. The van der Waals surface area contributed by atoms with Crippen molar-refractivity contribution in [3.8, 4) is 0 Å². The van der Waals surface area contributed by atoms with E-state index in [1.54, 1.807) is 6.07 Å². The molecule has 0 spiro atoms. The van der Waals surface area contributed by atoms with Crippen LogP contribution in [0.2, 0.25) is 0 Å². The first-order valence-electron chi connectivity index (χ1n) is 6.57. The van der Waals surface area contributed by atoms with Gasteiger partial charge in [-0.05, 0) is 42.5 Å². The second-order valence-corrected chi connectivity index (χ2v) is 5.24. The summed E-state index contributed by atoms with van der Waals surface area (Å²) in [5.74, 6) is 0.571. The molecule has 1 aliphatic heterocycles. The van der Waals surface area contributed by atoms with E-state index in [2.05, 4.69) is 11.8 Å². The van der Waals surface area contributed by atoms with Crippen LogP contribution in [0.4, 0.5) is 18.9 Å². The van der Waals surface area contributed by atoms with Crippen LogP contribution in [-0.4, -0.2) is 13.1 Å². The molecule has 0 amide bonds. The average Bonchev–Trinajstić information content (AvgIpc) is 2.37. The molecule has 1 heterocycles. The summed E-state index contributed by atoms with van der Waals surface area (Å²) in [6.45, 7) is 4.07. The highest BCUT2D eigenvalue weighted by atomic mass is 19.4. The molecule has 0 aromatic heterocycles. The minimum absolute atomic E-state index is 0.129. The predicted molar refractivity (Wildman–Crippen MR) is 69.9 cm³/mol. The molecule has 1 atom stereocenters. The van der Waals surface area contributed by atoms with E-state index in [1.165, 1.54) is 12.5 Å². The molecule has 19 heavy (non-hydrogen) atoms. The standard InChI is InChI=1S/C14H19F3N2/c1-10-3-2-6-19(9-10)13-5-4-12(14(15,16)17)7-11(13)8-18/h4-5,7,10H,2-3,6,8-9,18H2,1H3. The fraction of sp³-hybridized carbons (Fsp3) is 0.571. The van der Waals surface area contributed by atoms with Crippen LogP contribution in [0.15, 0.2) is 18.2 Å². The van der Waals surface area contributed by atoms with Gasteiger partial charge < -0.3 is 10.6 Å². The van der Waals surface area contributed by atoms with Gasteiger partial charge in [0.25, 0.3) is 0 Å². The molecule has 0 saturated carbocycles. The first-order valence-corrected chi connectivity index (χ1v) is 6.57. The van der Waals surface area contributed by atoms with Crippen molar-refractivity contribution in [2.75, 3.05) is 18.0 Å². The molecular formula is C14H19F3N2. The van der Waals surface area contributed by atoms with E-state index < -0.39 is 11.7 Å². The third kappa shape index (κ3) is 3.21. The Morgan fingerprint density at radius 2 is 2.11 bits per heavy atom. The highest BCUT2D eigenvalue weighted by Crippen LogP contribution is 2.34. The molecule has 0 bridgehead atoms. The van der Waals surface area contributed by atoms with Crippen molar-refractivity contribution in [1.29, 1.82) is 0 Å². The maximum Gasteiger partial charge on any atom is 0.416 e. The number of hydrogen-bond donors (Lipinski definition) is 1. The van der Waals surface area contributed by atoms with Gasteiger partial charge in [-0.25, -0.2) is 0 Å². The van der Waals surface area contributed by atoms with Crippen LogP contribution in [0, 0.1) is 5.92 Å². The second kappa shape index (κ2) is 5.41. The molecule has 2 rings (SSSR count). The summed E-state index contributed by atoms with van der Waals surface area (Å²) in [5.41, 5.74) is 6.41. The van der Waals surface area contributed by atoms with E-state index in [0.717, 1.165) is 31.3 Å². The topological polar surface area (TPSA) is 29.3 Å². The molecule has 1 unspecified atom stereocenters. The normalized spacial score (nSPS) is 20.7. The zero-order chi connectivity index (χ0) is 14.0. The van der Waals surface area contributed by atoms with Gasteiger partial charge in [-0.15, -0.1) is 0 Å². The maximum absolute atomic E-state index is 12.7. The minimum Gasteiger partial charge on any atom is -0.371 e. The average molecular weight is 272 g/mol. The van der Waals surface area contributed by atoms with Gasteiger partial charge in [-0.1, -0.05) is 6.92 Å². The van der Waals surface area contributed by atoms with Crippen molar-refractivity contribution in [2.24, 2.45) is 11.7 Å². The number of rotatable bonds is 2. The number of nitrogens with zero attached hydrogens (tertiary/aromatic N) is 1. The molecular weight excluding hydrogens is 253 g/mol. The molecule has 0 radical (unpaired) electrons. The molecule has 1 fully saturated rings. The van der Waals surface area contributed by atoms with Gasteiger partial charge in [-0.3, -0.25) is 0 Å². The van der Waals surface area contributed by atoms with Crippen LogP contribution >= 0.6 is 0 Å². The predicted octanol–water partition coefficient (Wildman–Crippen LogP) is 3.40. The molecule has 5 heteroatoms. The molecule has 106 valence electrons. The van der Waals surface area contributed by atoms with Crippen molar-refractivity contribution in [2.45, 2.75) is 32.5 Å². The zero-order valence-electron chi connectivity index (χ0n) is 11.0.